The molecule has 1 aliphatic rings. The van der Waals surface area contributed by atoms with Crippen molar-refractivity contribution >= 4 is 0 Å². The highest BCUT2D eigenvalue weighted by Gasteiger charge is 2.33. The Kier molecular flexibility index (Phi) is 4.38. The Labute approximate surface area is 127 Å². The van der Waals surface area contributed by atoms with Gasteiger partial charge in [-0.1, -0.05) is 17.3 Å². The monoisotopic (exact) mass is 309 g/mol. The topological polar surface area (TPSA) is 44.5 Å². The first kappa shape index (κ1) is 15.0. The first-order valence-corrected chi connectivity index (χ1v) is 7.31. The normalized spacial score (nSPS) is 14.5. The van der Waals surface area contributed by atoms with Gasteiger partial charge in [-0.2, -0.15) is 8.78 Å². The van der Waals surface area contributed by atoms with E-state index in [1.807, 2.05) is 6.92 Å². The van der Waals surface area contributed by atoms with E-state index in [4.69, 9.17) is 9.26 Å². The molecule has 0 N–H and O–H groups in total. The minimum absolute atomic E-state index is 0.0888. The number of para-hydroxylation sites is 1. The van der Waals surface area contributed by atoms with Gasteiger partial charge in [-0.3, -0.25) is 0 Å². The molecule has 22 heavy (non-hydrogen) atoms. The van der Waals surface area contributed by atoms with Crippen LogP contribution in [0.5, 0.6) is 5.75 Å². The van der Waals surface area contributed by atoms with Gasteiger partial charge < -0.3 is 14.0 Å². The molecule has 1 aliphatic carbocycles. The molecule has 2 aromatic rings. The van der Waals surface area contributed by atoms with Gasteiger partial charge in [0.2, 0.25) is 0 Å². The van der Waals surface area contributed by atoms with Crippen molar-refractivity contribution in [1.29, 1.82) is 0 Å². The molecule has 1 aromatic heterocycles. The lowest BCUT2D eigenvalue weighted by atomic mass is 10.0. The maximum absolute atomic E-state index is 12.6. The van der Waals surface area contributed by atoms with Crippen LogP contribution in [0, 0.1) is 0 Å². The van der Waals surface area contributed by atoms with E-state index in [0.717, 1.165) is 24.2 Å². The van der Waals surface area contributed by atoms with E-state index in [0.29, 0.717) is 30.4 Å². The van der Waals surface area contributed by atoms with Crippen LogP contribution in [0.1, 0.15) is 37.0 Å². The molecule has 0 unspecified atom stereocenters. The largest absolute Gasteiger partial charge is 0.434 e. The average molecular weight is 309 g/mol. The second-order valence-electron chi connectivity index (χ2n) is 5.16. The first-order valence-electron chi connectivity index (χ1n) is 7.31. The summed E-state index contributed by atoms with van der Waals surface area (Å²) in [5.74, 6) is 1.25. The third-order valence-corrected chi connectivity index (χ3v) is 3.58. The van der Waals surface area contributed by atoms with Crippen molar-refractivity contribution < 1.29 is 22.8 Å². The molecule has 0 aliphatic heterocycles. The smallest absolute Gasteiger partial charge is 0.387 e. The fourth-order valence-corrected chi connectivity index (χ4v) is 2.40. The van der Waals surface area contributed by atoms with Crippen LogP contribution in [0.4, 0.5) is 8.78 Å². The van der Waals surface area contributed by atoms with Crippen LogP contribution in [0.2, 0.25) is 0 Å². The molecule has 1 heterocycles. The molecular formula is C16H17F2NO3. The zero-order chi connectivity index (χ0) is 15.5. The summed E-state index contributed by atoms with van der Waals surface area (Å²) >= 11 is 0. The highest BCUT2D eigenvalue weighted by Crippen LogP contribution is 2.45. The predicted octanol–water partition coefficient (Wildman–Crippen LogP) is 4.36. The van der Waals surface area contributed by atoms with Gasteiger partial charge in [0.1, 0.15) is 17.2 Å². The lowest BCUT2D eigenvalue weighted by Crippen LogP contribution is -2.04. The number of rotatable bonds is 7. The summed E-state index contributed by atoms with van der Waals surface area (Å²) in [5, 5.41) is 4.09. The van der Waals surface area contributed by atoms with E-state index in [1.165, 1.54) is 6.07 Å². The minimum Gasteiger partial charge on any atom is -0.434 e. The van der Waals surface area contributed by atoms with E-state index < -0.39 is 6.61 Å². The molecule has 3 rings (SSSR count). The van der Waals surface area contributed by atoms with Crippen molar-refractivity contribution in [3.63, 3.8) is 0 Å². The van der Waals surface area contributed by atoms with Crippen LogP contribution < -0.4 is 4.74 Å². The molecule has 1 fully saturated rings. The lowest BCUT2D eigenvalue weighted by molar-refractivity contribution is -0.0494. The van der Waals surface area contributed by atoms with E-state index in [9.17, 15) is 8.78 Å². The van der Waals surface area contributed by atoms with Gasteiger partial charge in [0.25, 0.3) is 0 Å². The summed E-state index contributed by atoms with van der Waals surface area (Å²) in [7, 11) is 0. The molecule has 0 bridgehead atoms. The second kappa shape index (κ2) is 6.44. The van der Waals surface area contributed by atoms with Crippen LogP contribution in [-0.2, 0) is 11.3 Å². The average Bonchev–Trinajstić information content (AvgIpc) is 3.26. The van der Waals surface area contributed by atoms with Crippen LogP contribution in [0.3, 0.4) is 0 Å². The highest BCUT2D eigenvalue weighted by molar-refractivity contribution is 5.70. The summed E-state index contributed by atoms with van der Waals surface area (Å²) < 4.78 is 40.7. The quantitative estimate of drug-likeness (QED) is 0.762. The van der Waals surface area contributed by atoms with Gasteiger partial charge in [-0.05, 0) is 31.9 Å². The maximum atomic E-state index is 12.6. The zero-order valence-corrected chi connectivity index (χ0v) is 12.2. The Morgan fingerprint density at radius 2 is 2.09 bits per heavy atom. The van der Waals surface area contributed by atoms with E-state index >= 15 is 0 Å². The lowest BCUT2D eigenvalue weighted by Gasteiger charge is -2.10. The van der Waals surface area contributed by atoms with Crippen molar-refractivity contribution in [1.82, 2.24) is 5.16 Å². The number of hydrogen-bond acceptors (Lipinski definition) is 4. The predicted molar refractivity (Wildman–Crippen MR) is 75.9 cm³/mol. The summed E-state index contributed by atoms with van der Waals surface area (Å²) in [4.78, 5) is 0. The van der Waals surface area contributed by atoms with E-state index in [2.05, 4.69) is 9.89 Å². The SMILES string of the molecule is CCOCc1c(-c2ccccc2OC(F)F)noc1C1CC1. The van der Waals surface area contributed by atoms with Gasteiger partial charge in [0.15, 0.2) is 0 Å². The Balaban J connectivity index is 2.00. The van der Waals surface area contributed by atoms with Crippen LogP contribution in [0.15, 0.2) is 28.8 Å². The second-order valence-corrected chi connectivity index (χ2v) is 5.16. The van der Waals surface area contributed by atoms with Gasteiger partial charge >= 0.3 is 6.61 Å². The number of benzene rings is 1. The van der Waals surface area contributed by atoms with Crippen molar-refractivity contribution in [3.8, 4) is 17.0 Å². The first-order chi connectivity index (χ1) is 10.7. The highest BCUT2D eigenvalue weighted by atomic mass is 19.3. The molecule has 0 atom stereocenters. The van der Waals surface area contributed by atoms with Crippen molar-refractivity contribution in [2.45, 2.75) is 38.9 Å². The Morgan fingerprint density at radius 3 is 2.77 bits per heavy atom. The third kappa shape index (κ3) is 3.11. The van der Waals surface area contributed by atoms with Gasteiger partial charge in [-0.15, -0.1) is 0 Å². The number of alkyl halides is 2. The van der Waals surface area contributed by atoms with Crippen molar-refractivity contribution in [2.24, 2.45) is 0 Å². The van der Waals surface area contributed by atoms with E-state index in [1.54, 1.807) is 18.2 Å². The Morgan fingerprint density at radius 1 is 1.32 bits per heavy atom. The molecule has 0 spiro atoms. The van der Waals surface area contributed by atoms with Gasteiger partial charge in [-0.25, -0.2) is 0 Å². The molecule has 6 heteroatoms. The van der Waals surface area contributed by atoms with Gasteiger partial charge in [0.05, 0.1) is 6.61 Å². The number of nitrogens with zero attached hydrogens (tertiary/aromatic N) is 1. The molecule has 0 radical (unpaired) electrons. The van der Waals surface area contributed by atoms with Crippen molar-refractivity contribution in [3.05, 3.63) is 35.6 Å². The standard InChI is InChI=1S/C16H17F2NO3/c1-2-20-9-12-14(19-22-15(12)10-7-8-10)11-5-3-4-6-13(11)21-16(17)18/h3-6,10,16H,2,7-9H2,1H3. The van der Waals surface area contributed by atoms with Crippen LogP contribution >= 0.6 is 0 Å². The molecular weight excluding hydrogens is 292 g/mol. The summed E-state index contributed by atoms with van der Waals surface area (Å²) in [6.45, 7) is -0.0716. The number of ether oxygens (including phenoxy) is 2. The van der Waals surface area contributed by atoms with Crippen molar-refractivity contribution in [2.75, 3.05) is 6.61 Å². The van der Waals surface area contributed by atoms with E-state index in [-0.39, 0.29) is 5.75 Å². The number of hydrogen-bond donors (Lipinski definition) is 0. The molecule has 0 amide bonds. The summed E-state index contributed by atoms with van der Waals surface area (Å²) in [6.07, 6.45) is 2.12. The molecule has 0 saturated heterocycles. The molecule has 1 aromatic carbocycles. The maximum Gasteiger partial charge on any atom is 0.387 e. The minimum atomic E-state index is -2.88. The van der Waals surface area contributed by atoms with Crippen LogP contribution in [-0.4, -0.2) is 18.4 Å². The molecule has 118 valence electrons. The third-order valence-electron chi connectivity index (χ3n) is 3.58. The number of aromatic nitrogens is 1. The number of halogens is 2. The fourth-order valence-electron chi connectivity index (χ4n) is 2.40. The fraction of sp³-hybridized carbons (Fsp3) is 0.438. The Hall–Kier alpha value is -1.95. The van der Waals surface area contributed by atoms with Crippen LogP contribution in [0.25, 0.3) is 11.3 Å². The molecule has 4 nitrogen and oxygen atoms in total. The molecule has 1 saturated carbocycles. The van der Waals surface area contributed by atoms with Gasteiger partial charge in [0, 0.05) is 23.7 Å². The zero-order valence-electron chi connectivity index (χ0n) is 12.2. The summed E-state index contributed by atoms with van der Waals surface area (Å²) in [5.41, 5.74) is 1.84. The Bertz CT molecular complexity index is 638. The summed E-state index contributed by atoms with van der Waals surface area (Å²) in [6, 6.07) is 6.59.